The molecule has 1 aromatic carbocycles. The number of hydrogen-bond acceptors (Lipinski definition) is 3. The number of nitrogens with one attached hydrogen (secondary N) is 3. The SMILES string of the molecule is O=C(C[C@H]1C=CCC1)Nc1ccc(NC(=O)NCc2ccco2)cc1. The van der Waals surface area contributed by atoms with Crippen LogP contribution in [0.1, 0.15) is 25.0 Å². The maximum Gasteiger partial charge on any atom is 0.319 e. The number of carbonyl (C=O) groups excluding carboxylic acids is 2. The lowest BCUT2D eigenvalue weighted by Gasteiger charge is -2.10. The fourth-order valence-corrected chi connectivity index (χ4v) is 2.71. The monoisotopic (exact) mass is 339 g/mol. The van der Waals surface area contributed by atoms with E-state index >= 15 is 0 Å². The Morgan fingerprint density at radius 3 is 2.48 bits per heavy atom. The van der Waals surface area contributed by atoms with Crippen molar-refractivity contribution < 1.29 is 14.0 Å². The third kappa shape index (κ3) is 5.24. The Hall–Kier alpha value is -3.02. The Morgan fingerprint density at radius 2 is 1.84 bits per heavy atom. The fraction of sp³-hybridized carbons (Fsp3) is 0.263. The van der Waals surface area contributed by atoms with Gasteiger partial charge in [0.25, 0.3) is 0 Å². The quantitative estimate of drug-likeness (QED) is 0.698. The predicted molar refractivity (Wildman–Crippen MR) is 96.1 cm³/mol. The van der Waals surface area contributed by atoms with E-state index in [1.54, 1.807) is 42.7 Å². The van der Waals surface area contributed by atoms with Crippen LogP contribution in [0.2, 0.25) is 0 Å². The molecular weight excluding hydrogens is 318 g/mol. The van der Waals surface area contributed by atoms with E-state index in [-0.39, 0.29) is 11.9 Å². The molecule has 1 aliphatic rings. The predicted octanol–water partition coefficient (Wildman–Crippen LogP) is 3.90. The summed E-state index contributed by atoms with van der Waals surface area (Å²) in [6.45, 7) is 0.322. The van der Waals surface area contributed by atoms with Crippen molar-refractivity contribution in [2.75, 3.05) is 10.6 Å². The van der Waals surface area contributed by atoms with Crippen molar-refractivity contribution >= 4 is 23.3 Å². The number of furan rings is 1. The van der Waals surface area contributed by atoms with E-state index in [0.29, 0.717) is 36.0 Å². The molecule has 0 fully saturated rings. The number of benzene rings is 1. The van der Waals surface area contributed by atoms with E-state index in [0.717, 1.165) is 12.8 Å². The summed E-state index contributed by atoms with van der Waals surface area (Å²) in [5, 5.41) is 8.31. The average molecular weight is 339 g/mol. The van der Waals surface area contributed by atoms with E-state index in [9.17, 15) is 9.59 Å². The van der Waals surface area contributed by atoms with Crippen LogP contribution in [-0.2, 0) is 11.3 Å². The molecule has 0 saturated carbocycles. The number of allylic oxidation sites excluding steroid dienone is 2. The van der Waals surface area contributed by atoms with Gasteiger partial charge in [-0.3, -0.25) is 4.79 Å². The third-order valence-electron chi connectivity index (χ3n) is 3.99. The van der Waals surface area contributed by atoms with Crippen molar-refractivity contribution in [3.8, 4) is 0 Å². The van der Waals surface area contributed by atoms with Crippen molar-refractivity contribution in [2.45, 2.75) is 25.8 Å². The van der Waals surface area contributed by atoms with Crippen LogP contribution in [0.3, 0.4) is 0 Å². The smallest absolute Gasteiger partial charge is 0.319 e. The molecule has 0 bridgehead atoms. The average Bonchev–Trinajstić information content (AvgIpc) is 3.28. The highest BCUT2D eigenvalue weighted by atomic mass is 16.3. The molecule has 6 nitrogen and oxygen atoms in total. The van der Waals surface area contributed by atoms with Crippen LogP contribution in [0.25, 0.3) is 0 Å². The lowest BCUT2D eigenvalue weighted by atomic mass is 10.1. The molecule has 0 radical (unpaired) electrons. The molecule has 0 aliphatic heterocycles. The number of anilines is 2. The van der Waals surface area contributed by atoms with Crippen molar-refractivity contribution in [2.24, 2.45) is 5.92 Å². The summed E-state index contributed by atoms with van der Waals surface area (Å²) >= 11 is 0. The number of amides is 3. The van der Waals surface area contributed by atoms with Gasteiger partial charge in [0.2, 0.25) is 5.91 Å². The maximum absolute atomic E-state index is 12.0. The second-order valence-electron chi connectivity index (χ2n) is 5.98. The minimum Gasteiger partial charge on any atom is -0.467 e. The first-order valence-electron chi connectivity index (χ1n) is 8.33. The summed E-state index contributed by atoms with van der Waals surface area (Å²) < 4.78 is 5.15. The summed E-state index contributed by atoms with van der Waals surface area (Å²) in [5.74, 6) is 1.04. The first-order chi connectivity index (χ1) is 12.2. The van der Waals surface area contributed by atoms with Crippen molar-refractivity contribution in [3.63, 3.8) is 0 Å². The Morgan fingerprint density at radius 1 is 1.08 bits per heavy atom. The maximum atomic E-state index is 12.0. The highest BCUT2D eigenvalue weighted by molar-refractivity contribution is 5.92. The molecule has 1 aliphatic carbocycles. The number of hydrogen-bond donors (Lipinski definition) is 3. The van der Waals surface area contributed by atoms with Crippen LogP contribution < -0.4 is 16.0 Å². The van der Waals surface area contributed by atoms with Gasteiger partial charge in [-0.15, -0.1) is 0 Å². The molecule has 1 atom stereocenters. The van der Waals surface area contributed by atoms with Crippen LogP contribution in [0.15, 0.2) is 59.2 Å². The first-order valence-corrected chi connectivity index (χ1v) is 8.33. The Labute approximate surface area is 146 Å². The molecule has 3 amide bonds. The van der Waals surface area contributed by atoms with Gasteiger partial charge in [0.1, 0.15) is 5.76 Å². The summed E-state index contributed by atoms with van der Waals surface area (Å²) in [5.41, 5.74) is 1.36. The van der Waals surface area contributed by atoms with Crippen LogP contribution >= 0.6 is 0 Å². The second-order valence-corrected chi connectivity index (χ2v) is 5.98. The van der Waals surface area contributed by atoms with Crippen LogP contribution in [0.5, 0.6) is 0 Å². The number of carbonyl (C=O) groups is 2. The molecule has 6 heteroatoms. The van der Waals surface area contributed by atoms with Gasteiger partial charge in [0.05, 0.1) is 12.8 Å². The number of rotatable bonds is 6. The Balaban J connectivity index is 1.44. The number of urea groups is 1. The zero-order valence-corrected chi connectivity index (χ0v) is 13.8. The van der Waals surface area contributed by atoms with Gasteiger partial charge in [-0.1, -0.05) is 12.2 Å². The zero-order chi connectivity index (χ0) is 17.5. The first kappa shape index (κ1) is 16.8. The minimum absolute atomic E-state index is 0.00782. The van der Waals surface area contributed by atoms with Crippen LogP contribution in [0.4, 0.5) is 16.2 Å². The molecule has 25 heavy (non-hydrogen) atoms. The minimum atomic E-state index is -0.318. The molecule has 2 aromatic rings. The van der Waals surface area contributed by atoms with Gasteiger partial charge in [-0.25, -0.2) is 4.79 Å². The third-order valence-corrected chi connectivity index (χ3v) is 3.99. The van der Waals surface area contributed by atoms with E-state index < -0.39 is 0 Å². The fourth-order valence-electron chi connectivity index (χ4n) is 2.71. The highest BCUT2D eigenvalue weighted by Crippen LogP contribution is 2.21. The standard InChI is InChI=1S/C19H21N3O3/c23-18(12-14-4-1-2-5-14)21-15-7-9-16(10-8-15)22-19(24)20-13-17-6-3-11-25-17/h1,3-4,6-11,14H,2,5,12-13H2,(H,21,23)(H2,20,22,24)/t14-/m0/s1. The van der Waals surface area contributed by atoms with Gasteiger partial charge in [0.15, 0.2) is 0 Å². The van der Waals surface area contributed by atoms with E-state index in [4.69, 9.17) is 4.42 Å². The molecule has 1 aromatic heterocycles. The molecule has 130 valence electrons. The molecule has 0 unspecified atom stereocenters. The van der Waals surface area contributed by atoms with Crippen molar-refractivity contribution in [1.29, 1.82) is 0 Å². The summed E-state index contributed by atoms with van der Waals surface area (Å²) in [6, 6.07) is 10.3. The summed E-state index contributed by atoms with van der Waals surface area (Å²) in [4.78, 5) is 23.8. The molecular formula is C19H21N3O3. The largest absolute Gasteiger partial charge is 0.467 e. The lowest BCUT2D eigenvalue weighted by molar-refractivity contribution is -0.116. The van der Waals surface area contributed by atoms with Crippen molar-refractivity contribution in [1.82, 2.24) is 5.32 Å². The van der Waals surface area contributed by atoms with E-state index in [2.05, 4.69) is 28.1 Å². The van der Waals surface area contributed by atoms with Gasteiger partial charge < -0.3 is 20.4 Å². The Bertz CT molecular complexity index is 736. The van der Waals surface area contributed by atoms with Gasteiger partial charge in [0, 0.05) is 17.8 Å². The summed E-state index contributed by atoms with van der Waals surface area (Å²) in [7, 11) is 0. The lowest BCUT2D eigenvalue weighted by Crippen LogP contribution is -2.27. The summed E-state index contributed by atoms with van der Waals surface area (Å²) in [6.07, 6.45) is 8.39. The van der Waals surface area contributed by atoms with E-state index in [1.807, 2.05) is 0 Å². The van der Waals surface area contributed by atoms with E-state index in [1.165, 1.54) is 0 Å². The van der Waals surface area contributed by atoms with Gasteiger partial charge in [-0.05, 0) is 55.2 Å². The second kappa shape index (κ2) is 8.19. The molecule has 0 spiro atoms. The van der Waals surface area contributed by atoms with Crippen molar-refractivity contribution in [3.05, 3.63) is 60.6 Å². The topological polar surface area (TPSA) is 83.4 Å². The molecule has 1 heterocycles. The van der Waals surface area contributed by atoms with Gasteiger partial charge in [-0.2, -0.15) is 0 Å². The molecule has 0 saturated heterocycles. The van der Waals surface area contributed by atoms with Crippen LogP contribution in [-0.4, -0.2) is 11.9 Å². The zero-order valence-electron chi connectivity index (χ0n) is 13.8. The van der Waals surface area contributed by atoms with Gasteiger partial charge >= 0.3 is 6.03 Å². The molecule has 3 N–H and O–H groups in total. The Kier molecular flexibility index (Phi) is 5.51. The molecule has 3 rings (SSSR count). The highest BCUT2D eigenvalue weighted by Gasteiger charge is 2.14. The van der Waals surface area contributed by atoms with Crippen LogP contribution in [0, 0.1) is 5.92 Å². The normalized spacial score (nSPS) is 15.8.